The van der Waals surface area contributed by atoms with Gasteiger partial charge in [0.15, 0.2) is 0 Å². The highest BCUT2D eigenvalue weighted by atomic mass is 32.2. The normalized spacial score (nSPS) is 13.8. The van der Waals surface area contributed by atoms with Gasteiger partial charge in [-0.3, -0.25) is 0 Å². The van der Waals surface area contributed by atoms with E-state index in [0.29, 0.717) is 6.54 Å². The zero-order valence-electron chi connectivity index (χ0n) is 11.6. The molecule has 0 saturated carbocycles. The molecule has 1 aromatic rings. The van der Waals surface area contributed by atoms with Crippen LogP contribution in [0.1, 0.15) is 12.5 Å². The summed E-state index contributed by atoms with van der Waals surface area (Å²) < 4.78 is 40.2. The molecule has 0 saturated heterocycles. The van der Waals surface area contributed by atoms with Crippen molar-refractivity contribution in [3.63, 3.8) is 0 Å². The molecule has 108 valence electrons. The zero-order valence-corrected chi connectivity index (χ0v) is 12.4. The molecule has 0 amide bonds. The zero-order chi connectivity index (χ0) is 14.8. The van der Waals surface area contributed by atoms with Crippen LogP contribution in [-0.2, 0) is 10.0 Å². The molecule has 19 heavy (non-hydrogen) atoms. The van der Waals surface area contributed by atoms with Crippen molar-refractivity contribution in [3.05, 3.63) is 23.5 Å². The Morgan fingerprint density at radius 3 is 2.47 bits per heavy atom. The van der Waals surface area contributed by atoms with Crippen LogP contribution in [0.3, 0.4) is 0 Å². The number of anilines is 1. The number of benzene rings is 1. The first-order valence-electron chi connectivity index (χ1n) is 5.86. The molecule has 0 radical (unpaired) electrons. The Hall–Kier alpha value is -1.18. The van der Waals surface area contributed by atoms with E-state index < -0.39 is 15.8 Å². The summed E-state index contributed by atoms with van der Waals surface area (Å²) in [5.74, 6) is -0.624. The van der Waals surface area contributed by atoms with E-state index in [1.165, 1.54) is 13.0 Å². The van der Waals surface area contributed by atoms with Crippen LogP contribution >= 0.6 is 0 Å². The van der Waals surface area contributed by atoms with Crippen LogP contribution in [0, 0.1) is 12.7 Å². The van der Waals surface area contributed by atoms with Gasteiger partial charge < -0.3 is 10.6 Å². The Morgan fingerprint density at radius 2 is 2.00 bits per heavy atom. The lowest BCUT2D eigenvalue weighted by atomic mass is 10.2. The van der Waals surface area contributed by atoms with E-state index in [2.05, 4.69) is 4.72 Å². The highest BCUT2D eigenvalue weighted by Gasteiger charge is 2.20. The van der Waals surface area contributed by atoms with Crippen molar-refractivity contribution < 1.29 is 12.8 Å². The summed E-state index contributed by atoms with van der Waals surface area (Å²) in [5.41, 5.74) is 5.97. The summed E-state index contributed by atoms with van der Waals surface area (Å²) in [7, 11) is -0.0804. The Labute approximate surface area is 113 Å². The smallest absolute Gasteiger partial charge is 0.241 e. The highest BCUT2D eigenvalue weighted by Crippen LogP contribution is 2.21. The third-order valence-corrected chi connectivity index (χ3v) is 4.23. The van der Waals surface area contributed by atoms with Crippen molar-refractivity contribution in [2.75, 3.05) is 26.4 Å². The van der Waals surface area contributed by atoms with Gasteiger partial charge in [0.05, 0.1) is 4.90 Å². The number of halogens is 1. The third kappa shape index (κ3) is 4.15. The van der Waals surface area contributed by atoms with Gasteiger partial charge in [-0.25, -0.2) is 17.5 Å². The molecule has 0 aliphatic heterocycles. The number of nitrogens with zero attached hydrogens (tertiary/aromatic N) is 1. The van der Waals surface area contributed by atoms with Gasteiger partial charge >= 0.3 is 0 Å². The predicted octanol–water partition coefficient (Wildman–Crippen LogP) is 0.945. The number of nitrogens with two attached hydrogens (primary N) is 1. The lowest BCUT2D eigenvalue weighted by molar-refractivity contribution is 0.370. The van der Waals surface area contributed by atoms with Gasteiger partial charge in [0, 0.05) is 23.8 Å². The van der Waals surface area contributed by atoms with E-state index in [0.717, 1.165) is 6.07 Å². The molecule has 0 aromatic heterocycles. The summed E-state index contributed by atoms with van der Waals surface area (Å²) in [6, 6.07) is 1.96. The van der Waals surface area contributed by atoms with Crippen molar-refractivity contribution in [1.29, 1.82) is 0 Å². The van der Waals surface area contributed by atoms with E-state index in [1.807, 2.05) is 19.0 Å². The van der Waals surface area contributed by atoms with E-state index in [9.17, 15) is 12.8 Å². The average Bonchev–Trinajstić information content (AvgIpc) is 2.22. The molecule has 1 aromatic carbocycles. The second kappa shape index (κ2) is 5.85. The summed E-state index contributed by atoms with van der Waals surface area (Å²) in [6.07, 6.45) is 0. The number of nitrogen functional groups attached to an aromatic ring is 1. The number of likely N-dealkylation sites (N-methyl/N-ethyl adjacent to an activating group) is 1. The van der Waals surface area contributed by atoms with E-state index >= 15 is 0 Å². The fourth-order valence-electron chi connectivity index (χ4n) is 1.75. The van der Waals surface area contributed by atoms with E-state index in [4.69, 9.17) is 5.73 Å². The quantitative estimate of drug-likeness (QED) is 0.791. The SMILES string of the molecule is Cc1c(N)cc(S(=O)(=O)NC(C)CN(C)C)cc1F. The Kier molecular flexibility index (Phi) is 4.89. The molecule has 5 nitrogen and oxygen atoms in total. The van der Waals surface area contributed by atoms with Gasteiger partial charge in [-0.05, 0) is 40.1 Å². The van der Waals surface area contributed by atoms with Crippen LogP contribution in [0.15, 0.2) is 17.0 Å². The first kappa shape index (κ1) is 15.9. The first-order chi connectivity index (χ1) is 8.63. The largest absolute Gasteiger partial charge is 0.398 e. The van der Waals surface area contributed by atoms with Gasteiger partial charge in [0.25, 0.3) is 0 Å². The second-order valence-electron chi connectivity index (χ2n) is 4.90. The monoisotopic (exact) mass is 289 g/mol. The molecular weight excluding hydrogens is 269 g/mol. The van der Waals surface area contributed by atoms with E-state index in [1.54, 1.807) is 6.92 Å². The van der Waals surface area contributed by atoms with Crippen LogP contribution < -0.4 is 10.5 Å². The molecule has 1 atom stereocenters. The minimum Gasteiger partial charge on any atom is -0.398 e. The standard InChI is InChI=1S/C12H20FN3O2S/c1-8(7-16(3)4)15-19(17,18)10-5-11(13)9(2)12(14)6-10/h5-6,8,15H,7,14H2,1-4H3. The minimum atomic E-state index is -3.76. The van der Waals surface area contributed by atoms with E-state index in [-0.39, 0.29) is 22.2 Å². The predicted molar refractivity (Wildman–Crippen MR) is 73.9 cm³/mol. The van der Waals surface area contributed by atoms with Crippen LogP contribution in [-0.4, -0.2) is 40.0 Å². The minimum absolute atomic E-state index is 0.126. The highest BCUT2D eigenvalue weighted by molar-refractivity contribution is 7.89. The molecule has 1 rings (SSSR count). The van der Waals surface area contributed by atoms with Crippen molar-refractivity contribution >= 4 is 15.7 Å². The molecule has 0 aliphatic rings. The number of hydrogen-bond acceptors (Lipinski definition) is 4. The van der Waals surface area contributed by atoms with Crippen molar-refractivity contribution in [2.24, 2.45) is 0 Å². The molecule has 0 bridgehead atoms. The van der Waals surface area contributed by atoms with Gasteiger partial charge in [0.1, 0.15) is 5.82 Å². The van der Waals surface area contributed by atoms with Gasteiger partial charge in [-0.2, -0.15) is 0 Å². The fraction of sp³-hybridized carbons (Fsp3) is 0.500. The summed E-state index contributed by atoms with van der Waals surface area (Å²) in [5, 5.41) is 0. The lowest BCUT2D eigenvalue weighted by Gasteiger charge is -2.18. The number of sulfonamides is 1. The second-order valence-corrected chi connectivity index (χ2v) is 6.62. The number of hydrogen-bond donors (Lipinski definition) is 2. The molecule has 0 aliphatic carbocycles. The molecule has 1 unspecified atom stereocenters. The van der Waals surface area contributed by atoms with Gasteiger partial charge in [0.2, 0.25) is 10.0 Å². The molecule has 0 fully saturated rings. The average molecular weight is 289 g/mol. The number of rotatable bonds is 5. The van der Waals surface area contributed by atoms with Crippen molar-refractivity contribution in [1.82, 2.24) is 9.62 Å². The van der Waals surface area contributed by atoms with Gasteiger partial charge in [-0.1, -0.05) is 0 Å². The lowest BCUT2D eigenvalue weighted by Crippen LogP contribution is -2.39. The maximum Gasteiger partial charge on any atom is 0.241 e. The first-order valence-corrected chi connectivity index (χ1v) is 7.34. The Balaban J connectivity index is 3.01. The summed E-state index contributed by atoms with van der Waals surface area (Å²) in [4.78, 5) is 1.70. The topological polar surface area (TPSA) is 75.4 Å². The van der Waals surface area contributed by atoms with Gasteiger partial charge in [-0.15, -0.1) is 0 Å². The molecule has 0 heterocycles. The maximum absolute atomic E-state index is 13.5. The molecule has 7 heteroatoms. The van der Waals surface area contributed by atoms with Crippen LogP contribution in [0.2, 0.25) is 0 Å². The van der Waals surface area contributed by atoms with Crippen LogP contribution in [0.4, 0.5) is 10.1 Å². The molecular formula is C12H20FN3O2S. The third-order valence-electron chi connectivity index (χ3n) is 2.66. The van der Waals surface area contributed by atoms with Crippen LogP contribution in [0.25, 0.3) is 0 Å². The molecule has 3 N–H and O–H groups in total. The summed E-state index contributed by atoms with van der Waals surface area (Å²) in [6.45, 7) is 3.79. The maximum atomic E-state index is 13.5. The number of nitrogens with one attached hydrogen (secondary N) is 1. The van der Waals surface area contributed by atoms with Crippen LogP contribution in [0.5, 0.6) is 0 Å². The fourth-order valence-corrected chi connectivity index (χ4v) is 3.03. The van der Waals surface area contributed by atoms with Crippen molar-refractivity contribution in [2.45, 2.75) is 24.8 Å². The Morgan fingerprint density at radius 1 is 1.42 bits per heavy atom. The molecule has 0 spiro atoms. The van der Waals surface area contributed by atoms with Crippen molar-refractivity contribution in [3.8, 4) is 0 Å². The summed E-state index contributed by atoms with van der Waals surface area (Å²) >= 11 is 0. The Bertz CT molecular complexity index is 535.